The summed E-state index contributed by atoms with van der Waals surface area (Å²) in [5.74, 6) is 3.65. The summed E-state index contributed by atoms with van der Waals surface area (Å²) in [6.07, 6.45) is 0.878. The summed E-state index contributed by atoms with van der Waals surface area (Å²) in [4.78, 5) is 4.28. The highest BCUT2D eigenvalue weighted by atomic mass is 16.5. The number of ether oxygens (including phenoxy) is 2. The van der Waals surface area contributed by atoms with E-state index in [1.54, 1.807) is 14.2 Å². The number of benzene rings is 1. The van der Waals surface area contributed by atoms with Crippen LogP contribution in [-0.2, 0) is 13.0 Å². The van der Waals surface area contributed by atoms with Crippen LogP contribution in [0.15, 0.2) is 18.2 Å². The molecule has 0 amide bonds. The van der Waals surface area contributed by atoms with Gasteiger partial charge in [0.1, 0.15) is 5.82 Å². The molecule has 0 spiro atoms. The van der Waals surface area contributed by atoms with E-state index in [0.29, 0.717) is 17.8 Å². The summed E-state index contributed by atoms with van der Waals surface area (Å²) in [6, 6.07) is 6.09. The zero-order chi connectivity index (χ0) is 15.0. The number of nitrogens with two attached hydrogens (primary N) is 1. The average Bonchev–Trinajstić information content (AvgIpc) is 2.84. The van der Waals surface area contributed by atoms with Crippen molar-refractivity contribution in [2.75, 3.05) is 20.0 Å². The minimum Gasteiger partial charge on any atom is -0.493 e. The predicted octanol–water partition coefficient (Wildman–Crippen LogP) is 1.85. The standard InChI is InChI=1S/C15H20N4O2/c1-9-6-14-17-15(16)18-19(14)8-11(9)10-4-5-12(20-2)13(7-10)21-3/h4-5,7,9,11H,6,8H2,1-3H3,(H2,16,18). The molecule has 112 valence electrons. The molecule has 3 rings (SSSR count). The third-order valence-electron chi connectivity index (χ3n) is 4.16. The topological polar surface area (TPSA) is 75.2 Å². The quantitative estimate of drug-likeness (QED) is 0.933. The zero-order valence-electron chi connectivity index (χ0n) is 12.5. The van der Waals surface area contributed by atoms with Crippen LogP contribution in [0, 0.1) is 5.92 Å². The Labute approximate surface area is 123 Å². The van der Waals surface area contributed by atoms with Gasteiger partial charge in [-0.25, -0.2) is 4.68 Å². The number of nitrogens with zero attached hydrogens (tertiary/aromatic N) is 3. The first-order chi connectivity index (χ1) is 10.1. The lowest BCUT2D eigenvalue weighted by molar-refractivity contribution is 0.325. The number of hydrogen-bond donors (Lipinski definition) is 1. The Morgan fingerprint density at radius 3 is 2.71 bits per heavy atom. The first-order valence-electron chi connectivity index (χ1n) is 7.03. The minimum atomic E-state index is 0.352. The van der Waals surface area contributed by atoms with Gasteiger partial charge in [-0.05, 0) is 23.6 Å². The second kappa shape index (κ2) is 5.27. The van der Waals surface area contributed by atoms with Gasteiger partial charge in [0.05, 0.1) is 20.8 Å². The third-order valence-corrected chi connectivity index (χ3v) is 4.16. The Balaban J connectivity index is 1.93. The molecule has 0 radical (unpaired) electrons. The van der Waals surface area contributed by atoms with Crippen LogP contribution in [0.25, 0.3) is 0 Å². The monoisotopic (exact) mass is 288 g/mol. The number of nitrogen functional groups attached to an aromatic ring is 1. The molecular formula is C15H20N4O2. The Morgan fingerprint density at radius 1 is 1.24 bits per heavy atom. The van der Waals surface area contributed by atoms with Gasteiger partial charge in [0.15, 0.2) is 11.5 Å². The maximum atomic E-state index is 5.69. The highest BCUT2D eigenvalue weighted by Gasteiger charge is 2.29. The molecule has 6 nitrogen and oxygen atoms in total. The van der Waals surface area contributed by atoms with Gasteiger partial charge in [-0.3, -0.25) is 0 Å². The van der Waals surface area contributed by atoms with Crippen molar-refractivity contribution in [3.63, 3.8) is 0 Å². The van der Waals surface area contributed by atoms with Crippen LogP contribution in [0.2, 0.25) is 0 Å². The number of aromatic nitrogens is 3. The number of rotatable bonds is 3. The van der Waals surface area contributed by atoms with E-state index < -0.39 is 0 Å². The van der Waals surface area contributed by atoms with Crippen LogP contribution in [0.4, 0.5) is 5.95 Å². The molecule has 1 aliphatic rings. The van der Waals surface area contributed by atoms with Crippen molar-refractivity contribution < 1.29 is 9.47 Å². The molecule has 21 heavy (non-hydrogen) atoms. The van der Waals surface area contributed by atoms with E-state index in [1.165, 1.54) is 5.56 Å². The van der Waals surface area contributed by atoms with Gasteiger partial charge in [-0.1, -0.05) is 13.0 Å². The van der Waals surface area contributed by atoms with Crippen LogP contribution >= 0.6 is 0 Å². The van der Waals surface area contributed by atoms with Crippen LogP contribution in [-0.4, -0.2) is 29.0 Å². The molecule has 2 unspecified atom stereocenters. The lowest BCUT2D eigenvalue weighted by Crippen LogP contribution is -2.27. The minimum absolute atomic E-state index is 0.352. The second-order valence-corrected chi connectivity index (χ2v) is 5.47. The molecule has 2 aromatic rings. The van der Waals surface area contributed by atoms with Crippen molar-refractivity contribution in [1.82, 2.24) is 14.8 Å². The van der Waals surface area contributed by atoms with Gasteiger partial charge in [-0.2, -0.15) is 4.98 Å². The third kappa shape index (κ3) is 2.41. The van der Waals surface area contributed by atoms with Gasteiger partial charge in [-0.15, -0.1) is 5.10 Å². The van der Waals surface area contributed by atoms with E-state index in [1.807, 2.05) is 16.8 Å². The van der Waals surface area contributed by atoms with E-state index in [9.17, 15) is 0 Å². The van der Waals surface area contributed by atoms with Gasteiger partial charge in [0.25, 0.3) is 0 Å². The number of hydrogen-bond acceptors (Lipinski definition) is 5. The Kier molecular flexibility index (Phi) is 3.45. The maximum absolute atomic E-state index is 5.69. The summed E-state index contributed by atoms with van der Waals surface area (Å²) >= 11 is 0. The smallest absolute Gasteiger partial charge is 0.239 e. The van der Waals surface area contributed by atoms with Gasteiger partial charge >= 0.3 is 0 Å². The van der Waals surface area contributed by atoms with E-state index in [4.69, 9.17) is 15.2 Å². The summed E-state index contributed by atoms with van der Waals surface area (Å²) in [5, 5.41) is 4.27. The van der Waals surface area contributed by atoms with Crippen molar-refractivity contribution in [1.29, 1.82) is 0 Å². The molecule has 0 aliphatic carbocycles. The molecule has 0 saturated carbocycles. The number of anilines is 1. The highest BCUT2D eigenvalue weighted by Crippen LogP contribution is 2.37. The van der Waals surface area contributed by atoms with Crippen molar-refractivity contribution in [3.8, 4) is 11.5 Å². The molecule has 0 fully saturated rings. The first kappa shape index (κ1) is 13.7. The Bertz CT molecular complexity index is 653. The molecule has 1 aliphatic heterocycles. The van der Waals surface area contributed by atoms with Crippen LogP contribution in [0.1, 0.15) is 24.2 Å². The zero-order valence-corrected chi connectivity index (χ0v) is 12.5. The molecule has 2 heterocycles. The summed E-state index contributed by atoms with van der Waals surface area (Å²) in [6.45, 7) is 3.02. The Morgan fingerprint density at radius 2 is 2.00 bits per heavy atom. The number of fused-ring (bicyclic) bond motifs is 1. The fraction of sp³-hybridized carbons (Fsp3) is 0.467. The lowest BCUT2D eigenvalue weighted by atomic mass is 9.83. The maximum Gasteiger partial charge on any atom is 0.239 e. The SMILES string of the molecule is COc1ccc(C2Cn3nc(N)nc3CC2C)cc1OC. The van der Waals surface area contributed by atoms with Gasteiger partial charge in [0.2, 0.25) is 5.95 Å². The van der Waals surface area contributed by atoms with Crippen LogP contribution in [0.5, 0.6) is 11.5 Å². The predicted molar refractivity (Wildman–Crippen MR) is 79.6 cm³/mol. The molecule has 0 saturated heterocycles. The van der Waals surface area contributed by atoms with E-state index in [0.717, 1.165) is 30.3 Å². The first-order valence-corrected chi connectivity index (χ1v) is 7.03. The van der Waals surface area contributed by atoms with Gasteiger partial charge < -0.3 is 15.2 Å². The van der Waals surface area contributed by atoms with E-state index >= 15 is 0 Å². The van der Waals surface area contributed by atoms with Crippen LogP contribution < -0.4 is 15.2 Å². The number of methoxy groups -OCH3 is 2. The molecule has 0 bridgehead atoms. The molecule has 1 aromatic heterocycles. The molecule has 6 heteroatoms. The fourth-order valence-electron chi connectivity index (χ4n) is 3.00. The lowest BCUT2D eigenvalue weighted by Gasteiger charge is -2.29. The second-order valence-electron chi connectivity index (χ2n) is 5.47. The van der Waals surface area contributed by atoms with Crippen LogP contribution in [0.3, 0.4) is 0 Å². The summed E-state index contributed by atoms with van der Waals surface area (Å²) in [7, 11) is 3.30. The van der Waals surface area contributed by atoms with Crippen molar-refractivity contribution in [2.24, 2.45) is 5.92 Å². The van der Waals surface area contributed by atoms with Crippen molar-refractivity contribution in [2.45, 2.75) is 25.8 Å². The molecule has 1 aromatic carbocycles. The normalized spacial score (nSPS) is 20.9. The highest BCUT2D eigenvalue weighted by molar-refractivity contribution is 5.44. The summed E-state index contributed by atoms with van der Waals surface area (Å²) < 4.78 is 12.6. The Hall–Kier alpha value is -2.24. The average molecular weight is 288 g/mol. The molecular weight excluding hydrogens is 268 g/mol. The largest absolute Gasteiger partial charge is 0.493 e. The van der Waals surface area contributed by atoms with E-state index in [-0.39, 0.29) is 0 Å². The molecule has 2 atom stereocenters. The van der Waals surface area contributed by atoms with Crippen molar-refractivity contribution in [3.05, 3.63) is 29.6 Å². The van der Waals surface area contributed by atoms with Gasteiger partial charge in [0, 0.05) is 12.3 Å². The fourth-order valence-corrected chi connectivity index (χ4v) is 3.00. The summed E-state index contributed by atoms with van der Waals surface area (Å²) in [5.41, 5.74) is 6.91. The van der Waals surface area contributed by atoms with E-state index in [2.05, 4.69) is 23.1 Å². The molecule has 2 N–H and O–H groups in total. The van der Waals surface area contributed by atoms with Crippen molar-refractivity contribution >= 4 is 5.95 Å².